The number of fused-ring (bicyclic) bond motifs is 1. The minimum Gasteiger partial charge on any atom is -0.331 e. The number of hydrogen-bond acceptors (Lipinski definition) is 1. The van der Waals surface area contributed by atoms with Crippen LogP contribution < -0.4 is 0 Å². The Morgan fingerprint density at radius 3 is 2.85 bits per heavy atom. The Morgan fingerprint density at radius 1 is 1.20 bits per heavy atom. The molecule has 0 aliphatic carbocycles. The Kier molecular flexibility index (Phi) is 3.72. The van der Waals surface area contributed by atoms with Gasteiger partial charge in [0, 0.05) is 11.0 Å². The SMILES string of the molecule is Fc1cccc(CCn2c(=S)[nH]c3cc(Br)ccc32)c1. The van der Waals surface area contributed by atoms with Gasteiger partial charge in [0.1, 0.15) is 5.82 Å². The number of hydrogen-bond donors (Lipinski definition) is 1. The number of imidazole rings is 1. The van der Waals surface area contributed by atoms with Crippen molar-refractivity contribution in [3.8, 4) is 0 Å². The maximum atomic E-state index is 13.2. The fourth-order valence-corrected chi connectivity index (χ4v) is 2.95. The topological polar surface area (TPSA) is 20.7 Å². The van der Waals surface area contributed by atoms with E-state index in [0.717, 1.165) is 34.0 Å². The molecule has 3 rings (SSSR count). The molecule has 0 fully saturated rings. The van der Waals surface area contributed by atoms with Gasteiger partial charge in [-0.2, -0.15) is 0 Å². The zero-order chi connectivity index (χ0) is 14.1. The Hall–Kier alpha value is -1.46. The van der Waals surface area contributed by atoms with E-state index in [1.54, 1.807) is 12.1 Å². The van der Waals surface area contributed by atoms with Crippen LogP contribution in [0.5, 0.6) is 0 Å². The quantitative estimate of drug-likeness (QED) is 0.670. The van der Waals surface area contributed by atoms with E-state index < -0.39 is 0 Å². The summed E-state index contributed by atoms with van der Waals surface area (Å²) in [5.74, 6) is -0.200. The molecule has 0 radical (unpaired) electrons. The average Bonchev–Trinajstić information content (AvgIpc) is 2.71. The monoisotopic (exact) mass is 350 g/mol. The van der Waals surface area contributed by atoms with Crippen molar-refractivity contribution in [2.75, 3.05) is 0 Å². The first-order valence-corrected chi connectivity index (χ1v) is 7.46. The molecule has 2 nitrogen and oxygen atoms in total. The highest BCUT2D eigenvalue weighted by molar-refractivity contribution is 9.10. The minimum atomic E-state index is -0.200. The largest absolute Gasteiger partial charge is 0.331 e. The summed E-state index contributed by atoms with van der Waals surface area (Å²) in [4.78, 5) is 3.19. The average molecular weight is 351 g/mol. The molecule has 1 heterocycles. The van der Waals surface area contributed by atoms with E-state index in [-0.39, 0.29) is 5.82 Å². The number of H-pyrrole nitrogens is 1. The lowest BCUT2D eigenvalue weighted by atomic mass is 10.1. The first-order valence-electron chi connectivity index (χ1n) is 6.26. The summed E-state index contributed by atoms with van der Waals surface area (Å²) in [6, 6.07) is 12.7. The maximum Gasteiger partial charge on any atom is 0.178 e. The van der Waals surface area contributed by atoms with Crippen molar-refractivity contribution >= 4 is 39.2 Å². The van der Waals surface area contributed by atoms with E-state index in [2.05, 4.69) is 20.9 Å². The molecule has 20 heavy (non-hydrogen) atoms. The molecular weight excluding hydrogens is 339 g/mol. The van der Waals surface area contributed by atoms with Crippen LogP contribution in [0.3, 0.4) is 0 Å². The molecule has 0 amide bonds. The van der Waals surface area contributed by atoms with E-state index in [4.69, 9.17) is 12.2 Å². The number of rotatable bonds is 3. The number of nitrogens with one attached hydrogen (secondary N) is 1. The second-order valence-corrected chi connectivity index (χ2v) is 5.93. The smallest absolute Gasteiger partial charge is 0.178 e. The summed E-state index contributed by atoms with van der Waals surface area (Å²) in [5.41, 5.74) is 3.04. The number of halogens is 2. The molecule has 0 spiro atoms. The molecule has 1 aromatic heterocycles. The lowest BCUT2D eigenvalue weighted by Crippen LogP contribution is -2.01. The maximum absolute atomic E-state index is 13.2. The molecule has 0 atom stereocenters. The van der Waals surface area contributed by atoms with Gasteiger partial charge in [0.25, 0.3) is 0 Å². The number of aromatic nitrogens is 2. The molecule has 0 bridgehead atoms. The van der Waals surface area contributed by atoms with E-state index in [1.165, 1.54) is 6.07 Å². The van der Waals surface area contributed by atoms with Crippen molar-refractivity contribution < 1.29 is 4.39 Å². The van der Waals surface area contributed by atoms with E-state index in [9.17, 15) is 4.39 Å². The molecular formula is C15H12BrFN2S. The van der Waals surface area contributed by atoms with Crippen LogP contribution in [0.4, 0.5) is 4.39 Å². The molecule has 2 aromatic carbocycles. The van der Waals surface area contributed by atoms with Gasteiger partial charge in [-0.15, -0.1) is 0 Å². The minimum absolute atomic E-state index is 0.200. The van der Waals surface area contributed by atoms with E-state index in [0.29, 0.717) is 4.77 Å². The summed E-state index contributed by atoms with van der Waals surface area (Å²) in [5, 5.41) is 0. The second kappa shape index (κ2) is 5.50. The zero-order valence-corrected chi connectivity index (χ0v) is 13.0. The molecule has 0 unspecified atom stereocenters. The Balaban J connectivity index is 1.91. The zero-order valence-electron chi connectivity index (χ0n) is 10.6. The Morgan fingerprint density at radius 2 is 2.05 bits per heavy atom. The summed E-state index contributed by atoms with van der Waals surface area (Å²) in [6.45, 7) is 0.726. The van der Waals surface area contributed by atoms with Crippen molar-refractivity contribution in [1.82, 2.24) is 9.55 Å². The molecule has 0 aliphatic rings. The van der Waals surface area contributed by atoms with Crippen LogP contribution in [0, 0.1) is 10.6 Å². The van der Waals surface area contributed by atoms with Crippen molar-refractivity contribution in [2.24, 2.45) is 0 Å². The van der Waals surface area contributed by atoms with Crippen LogP contribution >= 0.6 is 28.1 Å². The number of aromatic amines is 1. The van der Waals surface area contributed by atoms with Crippen LogP contribution in [0.15, 0.2) is 46.9 Å². The van der Waals surface area contributed by atoms with Gasteiger partial charge in [-0.25, -0.2) is 4.39 Å². The van der Waals surface area contributed by atoms with Crippen molar-refractivity contribution in [3.63, 3.8) is 0 Å². The summed E-state index contributed by atoms with van der Waals surface area (Å²) in [7, 11) is 0. The van der Waals surface area contributed by atoms with E-state index >= 15 is 0 Å². The fourth-order valence-electron chi connectivity index (χ4n) is 2.29. The highest BCUT2D eigenvalue weighted by Gasteiger charge is 2.05. The molecule has 102 valence electrons. The van der Waals surface area contributed by atoms with Crippen molar-refractivity contribution in [1.29, 1.82) is 0 Å². The van der Waals surface area contributed by atoms with Gasteiger partial charge in [0.2, 0.25) is 0 Å². The van der Waals surface area contributed by atoms with Gasteiger partial charge >= 0.3 is 0 Å². The number of nitrogens with zero attached hydrogens (tertiary/aromatic N) is 1. The van der Waals surface area contributed by atoms with Gasteiger partial charge in [0.15, 0.2) is 4.77 Å². The molecule has 3 aromatic rings. The van der Waals surface area contributed by atoms with Gasteiger partial charge < -0.3 is 9.55 Å². The normalized spacial score (nSPS) is 11.1. The third-order valence-electron chi connectivity index (χ3n) is 3.25. The highest BCUT2D eigenvalue weighted by atomic mass is 79.9. The predicted octanol–water partition coefficient (Wildman–Crippen LogP) is 4.84. The van der Waals surface area contributed by atoms with E-state index in [1.807, 2.05) is 28.8 Å². The van der Waals surface area contributed by atoms with Crippen LogP contribution in [0.1, 0.15) is 5.56 Å². The lowest BCUT2D eigenvalue weighted by Gasteiger charge is -2.05. The summed E-state index contributed by atoms with van der Waals surface area (Å²) in [6.07, 6.45) is 0.745. The van der Waals surface area contributed by atoms with Crippen LogP contribution in [-0.2, 0) is 13.0 Å². The standard InChI is InChI=1S/C15H12BrFN2S/c16-11-4-5-14-13(9-11)18-15(20)19(14)7-6-10-2-1-3-12(17)8-10/h1-5,8-9H,6-7H2,(H,18,20). The molecule has 0 saturated carbocycles. The number of aryl methyl sites for hydroxylation is 2. The molecule has 5 heteroatoms. The van der Waals surface area contributed by atoms with Crippen LogP contribution in [0.25, 0.3) is 11.0 Å². The second-order valence-electron chi connectivity index (χ2n) is 4.62. The van der Waals surface area contributed by atoms with Gasteiger partial charge in [0.05, 0.1) is 11.0 Å². The van der Waals surface area contributed by atoms with Crippen LogP contribution in [-0.4, -0.2) is 9.55 Å². The third kappa shape index (κ3) is 2.69. The van der Waals surface area contributed by atoms with Crippen molar-refractivity contribution in [2.45, 2.75) is 13.0 Å². The highest BCUT2D eigenvalue weighted by Crippen LogP contribution is 2.20. The third-order valence-corrected chi connectivity index (χ3v) is 4.06. The van der Waals surface area contributed by atoms with Crippen molar-refractivity contribution in [3.05, 3.63) is 63.1 Å². The fraction of sp³-hybridized carbons (Fsp3) is 0.133. The van der Waals surface area contributed by atoms with Gasteiger partial charge in [-0.1, -0.05) is 28.1 Å². The Bertz CT molecular complexity index is 822. The number of benzene rings is 2. The first-order chi connectivity index (χ1) is 9.63. The lowest BCUT2D eigenvalue weighted by molar-refractivity contribution is 0.622. The Labute approximate surface area is 129 Å². The van der Waals surface area contributed by atoms with Crippen LogP contribution in [0.2, 0.25) is 0 Å². The van der Waals surface area contributed by atoms with Gasteiger partial charge in [-0.3, -0.25) is 0 Å². The predicted molar refractivity (Wildman–Crippen MR) is 84.9 cm³/mol. The molecule has 1 N–H and O–H groups in total. The summed E-state index contributed by atoms with van der Waals surface area (Å²) < 4.78 is 16.9. The van der Waals surface area contributed by atoms with Gasteiger partial charge in [-0.05, 0) is 54.5 Å². The summed E-state index contributed by atoms with van der Waals surface area (Å²) >= 11 is 8.80. The molecule has 0 aliphatic heterocycles. The molecule has 0 saturated heterocycles. The first kappa shape index (κ1) is 13.5.